The summed E-state index contributed by atoms with van der Waals surface area (Å²) in [7, 11) is 1.79. The normalized spacial score (nSPS) is 11.0. The molecule has 25 heavy (non-hydrogen) atoms. The van der Waals surface area contributed by atoms with Crippen LogP contribution in [0, 0.1) is 11.6 Å². The van der Waals surface area contributed by atoms with Gasteiger partial charge in [0, 0.05) is 19.7 Å². The van der Waals surface area contributed by atoms with Gasteiger partial charge in [-0.1, -0.05) is 0 Å². The molecule has 0 saturated heterocycles. The van der Waals surface area contributed by atoms with Crippen molar-refractivity contribution in [3.8, 4) is 5.75 Å². The van der Waals surface area contributed by atoms with Crippen LogP contribution in [0.5, 0.6) is 5.75 Å². The first-order chi connectivity index (χ1) is 11.6. The Kier molecular flexibility index (Phi) is 9.10. The van der Waals surface area contributed by atoms with Crippen LogP contribution >= 0.6 is 24.0 Å². The molecule has 1 aromatic heterocycles. The lowest BCUT2D eigenvalue weighted by Crippen LogP contribution is -2.39. The van der Waals surface area contributed by atoms with E-state index >= 15 is 0 Å². The Bertz CT molecular complexity index is 694. The van der Waals surface area contributed by atoms with Gasteiger partial charge in [-0.05, 0) is 19.1 Å². The predicted molar refractivity (Wildman–Crippen MR) is 101 cm³/mol. The number of rotatable bonds is 7. The van der Waals surface area contributed by atoms with Crippen molar-refractivity contribution in [3.05, 3.63) is 42.0 Å². The third-order valence-electron chi connectivity index (χ3n) is 3.07. The van der Waals surface area contributed by atoms with Crippen LogP contribution in [0.25, 0.3) is 0 Å². The van der Waals surface area contributed by atoms with E-state index in [2.05, 4.69) is 25.7 Å². The molecule has 0 aliphatic carbocycles. The Hall–Kier alpha value is -1.98. The van der Waals surface area contributed by atoms with Crippen molar-refractivity contribution in [2.45, 2.75) is 13.5 Å². The van der Waals surface area contributed by atoms with E-state index in [4.69, 9.17) is 4.74 Å². The first-order valence-corrected chi connectivity index (χ1v) is 7.53. The first kappa shape index (κ1) is 21.1. The molecule has 0 amide bonds. The fraction of sp³-hybridized carbons (Fsp3) is 0.400. The first-order valence-electron chi connectivity index (χ1n) is 7.53. The topological polar surface area (TPSA) is 76.4 Å². The summed E-state index contributed by atoms with van der Waals surface area (Å²) >= 11 is 0. The monoisotopic (exact) mass is 466 g/mol. The minimum absolute atomic E-state index is 0. The third kappa shape index (κ3) is 6.80. The molecule has 0 atom stereocenters. The molecule has 2 aromatic rings. The highest BCUT2D eigenvalue weighted by Gasteiger charge is 2.05. The van der Waals surface area contributed by atoms with Crippen molar-refractivity contribution in [2.24, 2.45) is 12.0 Å². The fourth-order valence-corrected chi connectivity index (χ4v) is 1.88. The number of ether oxygens (including phenoxy) is 1. The van der Waals surface area contributed by atoms with Crippen LogP contribution in [0.15, 0.2) is 29.5 Å². The Labute approximate surface area is 161 Å². The largest absolute Gasteiger partial charge is 0.489 e. The molecule has 0 unspecified atom stereocenters. The van der Waals surface area contributed by atoms with Crippen molar-refractivity contribution in [1.82, 2.24) is 25.4 Å². The molecule has 0 bridgehead atoms. The zero-order valence-corrected chi connectivity index (χ0v) is 16.3. The molecule has 1 heterocycles. The Balaban J connectivity index is 0.00000312. The summed E-state index contributed by atoms with van der Waals surface area (Å²) in [5, 5.41) is 10.1. The standard InChI is InChI=1S/C15H20F2N6O.HI/c1-3-18-15(20-9-14-21-10-22-23(14)2)19-6-7-24-13-5-4-11(16)8-12(13)17;/h4-5,8,10H,3,6-7,9H2,1-2H3,(H2,18,19,20);1H. The average molecular weight is 466 g/mol. The number of hydrogen-bond donors (Lipinski definition) is 2. The van der Waals surface area contributed by atoms with Gasteiger partial charge in [-0.25, -0.2) is 18.8 Å². The smallest absolute Gasteiger partial charge is 0.191 e. The fourth-order valence-electron chi connectivity index (χ4n) is 1.88. The van der Waals surface area contributed by atoms with E-state index in [9.17, 15) is 8.78 Å². The highest BCUT2D eigenvalue weighted by molar-refractivity contribution is 14.0. The summed E-state index contributed by atoms with van der Waals surface area (Å²) < 4.78 is 33.2. The maximum absolute atomic E-state index is 13.4. The van der Waals surface area contributed by atoms with E-state index in [0.717, 1.165) is 18.0 Å². The quantitative estimate of drug-likeness (QED) is 0.282. The van der Waals surface area contributed by atoms with Crippen LogP contribution in [0.1, 0.15) is 12.7 Å². The van der Waals surface area contributed by atoms with Crippen LogP contribution in [-0.2, 0) is 13.6 Å². The van der Waals surface area contributed by atoms with Crippen molar-refractivity contribution < 1.29 is 13.5 Å². The molecule has 0 fully saturated rings. The number of hydrogen-bond acceptors (Lipinski definition) is 4. The Morgan fingerprint density at radius 2 is 2.12 bits per heavy atom. The molecule has 0 spiro atoms. The summed E-state index contributed by atoms with van der Waals surface area (Å²) in [5.41, 5.74) is 0. The van der Waals surface area contributed by atoms with Crippen LogP contribution in [-0.4, -0.2) is 40.4 Å². The number of halogens is 3. The van der Waals surface area contributed by atoms with Crippen molar-refractivity contribution >= 4 is 29.9 Å². The van der Waals surface area contributed by atoms with Crippen molar-refractivity contribution in [3.63, 3.8) is 0 Å². The molecule has 0 saturated carbocycles. The van der Waals surface area contributed by atoms with Crippen LogP contribution in [0.4, 0.5) is 8.78 Å². The molecule has 2 N–H and O–H groups in total. The summed E-state index contributed by atoms with van der Waals surface area (Å²) in [6.45, 7) is 3.62. The van der Waals surface area contributed by atoms with Gasteiger partial charge in [-0.3, -0.25) is 4.68 Å². The number of aliphatic imine (C=N–C) groups is 1. The number of nitrogens with zero attached hydrogens (tertiary/aromatic N) is 4. The van der Waals surface area contributed by atoms with E-state index in [-0.39, 0.29) is 36.3 Å². The Morgan fingerprint density at radius 3 is 2.76 bits per heavy atom. The molecule has 138 valence electrons. The highest BCUT2D eigenvalue weighted by Crippen LogP contribution is 2.17. The van der Waals surface area contributed by atoms with Gasteiger partial charge in [-0.15, -0.1) is 24.0 Å². The number of guanidine groups is 1. The van der Waals surface area contributed by atoms with E-state index < -0.39 is 11.6 Å². The molecule has 0 radical (unpaired) electrons. The summed E-state index contributed by atoms with van der Waals surface area (Å²) in [4.78, 5) is 8.48. The minimum Gasteiger partial charge on any atom is -0.489 e. The van der Waals surface area contributed by atoms with Crippen LogP contribution < -0.4 is 15.4 Å². The zero-order valence-electron chi connectivity index (χ0n) is 14.0. The number of aromatic nitrogens is 3. The summed E-state index contributed by atoms with van der Waals surface area (Å²) in [6, 6.07) is 3.20. The summed E-state index contributed by atoms with van der Waals surface area (Å²) in [5.74, 6) is -0.0269. The molecule has 1 aromatic carbocycles. The van der Waals surface area contributed by atoms with Crippen LogP contribution in [0.2, 0.25) is 0 Å². The lowest BCUT2D eigenvalue weighted by Gasteiger charge is -2.12. The van der Waals surface area contributed by atoms with Crippen LogP contribution in [0.3, 0.4) is 0 Å². The lowest BCUT2D eigenvalue weighted by molar-refractivity contribution is 0.304. The van der Waals surface area contributed by atoms with Gasteiger partial charge < -0.3 is 15.4 Å². The number of benzene rings is 1. The second-order valence-corrected chi connectivity index (χ2v) is 4.85. The second-order valence-electron chi connectivity index (χ2n) is 4.85. The summed E-state index contributed by atoms with van der Waals surface area (Å²) in [6.07, 6.45) is 1.47. The van der Waals surface area contributed by atoms with Gasteiger partial charge in [0.25, 0.3) is 0 Å². The predicted octanol–water partition coefficient (Wildman–Crippen LogP) is 1.85. The van der Waals surface area contributed by atoms with E-state index in [1.807, 2.05) is 6.92 Å². The van der Waals surface area contributed by atoms with Gasteiger partial charge >= 0.3 is 0 Å². The van der Waals surface area contributed by atoms with Gasteiger partial charge in [0.1, 0.15) is 31.1 Å². The lowest BCUT2D eigenvalue weighted by atomic mass is 10.3. The number of aryl methyl sites for hydroxylation is 1. The average Bonchev–Trinajstić information content (AvgIpc) is 2.96. The molecule has 7 nitrogen and oxygen atoms in total. The zero-order chi connectivity index (χ0) is 17.4. The maximum atomic E-state index is 13.4. The van der Waals surface area contributed by atoms with Crippen molar-refractivity contribution in [1.29, 1.82) is 0 Å². The van der Waals surface area contributed by atoms with Gasteiger partial charge in [0.05, 0.1) is 6.54 Å². The van der Waals surface area contributed by atoms with Gasteiger partial charge in [0.2, 0.25) is 0 Å². The van der Waals surface area contributed by atoms with Gasteiger partial charge in [-0.2, -0.15) is 5.10 Å². The van der Waals surface area contributed by atoms with Crippen molar-refractivity contribution in [2.75, 3.05) is 19.7 Å². The van der Waals surface area contributed by atoms with Gasteiger partial charge in [0.15, 0.2) is 17.5 Å². The molecule has 10 heteroatoms. The highest BCUT2D eigenvalue weighted by atomic mass is 127. The van der Waals surface area contributed by atoms with E-state index in [0.29, 0.717) is 25.6 Å². The molecular formula is C15H21F2IN6O. The SMILES string of the molecule is CCNC(=NCc1ncnn1C)NCCOc1ccc(F)cc1F.I. The number of nitrogens with one attached hydrogen (secondary N) is 2. The minimum atomic E-state index is -0.724. The third-order valence-corrected chi connectivity index (χ3v) is 3.07. The van der Waals surface area contributed by atoms with E-state index in [1.165, 1.54) is 12.4 Å². The molecule has 0 aliphatic rings. The Morgan fingerprint density at radius 1 is 1.32 bits per heavy atom. The molecule has 0 aliphatic heterocycles. The maximum Gasteiger partial charge on any atom is 0.191 e. The molecule has 2 rings (SSSR count). The molecular weight excluding hydrogens is 445 g/mol. The van der Waals surface area contributed by atoms with E-state index in [1.54, 1.807) is 11.7 Å². The second kappa shape index (κ2) is 10.8.